The minimum atomic E-state index is -1.18. The monoisotopic (exact) mass is 333 g/mol. The number of ether oxygens (including phenoxy) is 1. The molecule has 0 spiro atoms. The Balaban J connectivity index is 2.04. The SMILES string of the molecule is COc1cc(F)c(-n2nnc(C(O)c3cnccn3)c2C)cc1F. The normalized spacial score (nSPS) is 12.2. The van der Waals surface area contributed by atoms with E-state index in [9.17, 15) is 13.9 Å². The molecule has 2 aromatic heterocycles. The van der Waals surface area contributed by atoms with Gasteiger partial charge in [-0.15, -0.1) is 5.10 Å². The number of aliphatic hydroxyl groups is 1. The Morgan fingerprint density at radius 3 is 2.67 bits per heavy atom. The van der Waals surface area contributed by atoms with E-state index in [1.54, 1.807) is 6.92 Å². The van der Waals surface area contributed by atoms with Gasteiger partial charge in [-0.1, -0.05) is 5.21 Å². The van der Waals surface area contributed by atoms with Crippen LogP contribution in [0.2, 0.25) is 0 Å². The van der Waals surface area contributed by atoms with Crippen LogP contribution in [0.4, 0.5) is 8.78 Å². The van der Waals surface area contributed by atoms with Crippen LogP contribution in [0.15, 0.2) is 30.7 Å². The predicted octanol–water partition coefficient (Wildman–Crippen LogP) is 1.73. The van der Waals surface area contributed by atoms with Gasteiger partial charge in [0.25, 0.3) is 0 Å². The molecule has 3 aromatic rings. The van der Waals surface area contributed by atoms with Gasteiger partial charge in [-0.25, -0.2) is 13.5 Å². The molecule has 0 amide bonds. The van der Waals surface area contributed by atoms with Gasteiger partial charge in [-0.2, -0.15) is 0 Å². The highest BCUT2D eigenvalue weighted by atomic mass is 19.1. The lowest BCUT2D eigenvalue weighted by molar-refractivity contribution is 0.209. The Morgan fingerprint density at radius 1 is 1.21 bits per heavy atom. The van der Waals surface area contributed by atoms with Gasteiger partial charge in [0.05, 0.1) is 24.7 Å². The molecule has 1 aromatic carbocycles. The van der Waals surface area contributed by atoms with Gasteiger partial charge in [-0.05, 0) is 6.92 Å². The number of halogens is 2. The number of benzene rings is 1. The molecule has 0 aliphatic heterocycles. The topological polar surface area (TPSA) is 86.0 Å². The summed E-state index contributed by atoms with van der Waals surface area (Å²) in [5.74, 6) is -1.68. The first kappa shape index (κ1) is 15.9. The number of nitrogens with zero attached hydrogens (tertiary/aromatic N) is 5. The Hall–Kier alpha value is -2.94. The summed E-state index contributed by atoms with van der Waals surface area (Å²) >= 11 is 0. The van der Waals surface area contributed by atoms with Crippen molar-refractivity contribution in [2.75, 3.05) is 7.11 Å². The number of hydrogen-bond acceptors (Lipinski definition) is 6. The van der Waals surface area contributed by atoms with E-state index in [0.717, 1.165) is 16.8 Å². The second-order valence-corrected chi connectivity index (χ2v) is 4.94. The van der Waals surface area contributed by atoms with E-state index in [-0.39, 0.29) is 22.8 Å². The van der Waals surface area contributed by atoms with Crippen molar-refractivity contribution in [1.82, 2.24) is 25.0 Å². The molecule has 0 radical (unpaired) electrons. The van der Waals surface area contributed by atoms with E-state index in [0.29, 0.717) is 5.69 Å². The molecule has 1 atom stereocenters. The summed E-state index contributed by atoms with van der Waals surface area (Å²) in [6.07, 6.45) is 3.10. The smallest absolute Gasteiger partial charge is 0.167 e. The first-order chi connectivity index (χ1) is 11.5. The standard InChI is InChI=1S/C15H13F2N5O2/c1-8-14(15(23)11-7-18-3-4-19-11)20-21-22(8)12-5-10(17)13(24-2)6-9(12)16/h3-7,15,23H,1-2H3. The fraction of sp³-hybridized carbons (Fsp3) is 0.200. The van der Waals surface area contributed by atoms with Gasteiger partial charge < -0.3 is 9.84 Å². The van der Waals surface area contributed by atoms with Crippen molar-refractivity contribution in [2.24, 2.45) is 0 Å². The van der Waals surface area contributed by atoms with Crippen LogP contribution in [0.25, 0.3) is 5.69 Å². The van der Waals surface area contributed by atoms with Crippen molar-refractivity contribution in [3.8, 4) is 11.4 Å². The van der Waals surface area contributed by atoms with Crippen molar-refractivity contribution < 1.29 is 18.6 Å². The molecule has 1 unspecified atom stereocenters. The van der Waals surface area contributed by atoms with Gasteiger partial charge >= 0.3 is 0 Å². The summed E-state index contributed by atoms with van der Waals surface area (Å²) in [6, 6.07) is 1.87. The molecule has 0 fully saturated rings. The van der Waals surface area contributed by atoms with Crippen LogP contribution in [0.1, 0.15) is 23.2 Å². The zero-order valence-electron chi connectivity index (χ0n) is 12.8. The molecule has 0 aliphatic carbocycles. The van der Waals surface area contributed by atoms with Crippen molar-refractivity contribution in [1.29, 1.82) is 0 Å². The molecule has 24 heavy (non-hydrogen) atoms. The highest BCUT2D eigenvalue weighted by Crippen LogP contribution is 2.27. The molecule has 0 saturated heterocycles. The number of methoxy groups -OCH3 is 1. The maximum absolute atomic E-state index is 14.2. The Morgan fingerprint density at radius 2 is 2.00 bits per heavy atom. The van der Waals surface area contributed by atoms with Crippen molar-refractivity contribution in [2.45, 2.75) is 13.0 Å². The third-order valence-electron chi connectivity index (χ3n) is 3.50. The maximum atomic E-state index is 14.2. The summed E-state index contributed by atoms with van der Waals surface area (Å²) in [5.41, 5.74) is 0.646. The summed E-state index contributed by atoms with van der Waals surface area (Å²) in [7, 11) is 1.24. The van der Waals surface area contributed by atoms with Crippen molar-refractivity contribution in [3.05, 3.63) is 59.4 Å². The molecular weight excluding hydrogens is 320 g/mol. The van der Waals surface area contributed by atoms with Crippen LogP contribution in [0.5, 0.6) is 5.75 Å². The number of rotatable bonds is 4. The third kappa shape index (κ3) is 2.69. The van der Waals surface area contributed by atoms with E-state index >= 15 is 0 Å². The molecule has 1 N–H and O–H groups in total. The highest BCUT2D eigenvalue weighted by Gasteiger charge is 2.23. The van der Waals surface area contributed by atoms with Gasteiger partial charge in [0.15, 0.2) is 17.4 Å². The molecule has 9 heteroatoms. The predicted molar refractivity (Wildman–Crippen MR) is 78.7 cm³/mol. The molecule has 0 saturated carbocycles. The molecule has 0 bridgehead atoms. The second-order valence-electron chi connectivity index (χ2n) is 4.94. The Labute approximate surface area is 135 Å². The van der Waals surface area contributed by atoms with Gasteiger partial charge in [0.2, 0.25) is 0 Å². The van der Waals surface area contributed by atoms with Crippen LogP contribution in [0, 0.1) is 18.6 Å². The van der Waals surface area contributed by atoms with Crippen LogP contribution in [-0.2, 0) is 0 Å². The summed E-state index contributed by atoms with van der Waals surface area (Å²) in [5, 5.41) is 18.0. The number of hydrogen-bond donors (Lipinski definition) is 1. The molecular formula is C15H13F2N5O2. The fourth-order valence-electron chi connectivity index (χ4n) is 2.25. The highest BCUT2D eigenvalue weighted by molar-refractivity contribution is 5.41. The van der Waals surface area contributed by atoms with E-state index in [1.165, 1.54) is 25.7 Å². The molecule has 7 nitrogen and oxygen atoms in total. The van der Waals surface area contributed by atoms with Crippen LogP contribution < -0.4 is 4.74 Å². The zero-order valence-corrected chi connectivity index (χ0v) is 12.8. The van der Waals surface area contributed by atoms with Crippen LogP contribution in [0.3, 0.4) is 0 Å². The summed E-state index contributed by atoms with van der Waals surface area (Å²) < 4.78 is 33.9. The average molecular weight is 333 g/mol. The Bertz CT molecular complexity index is 870. The van der Waals surface area contributed by atoms with Gasteiger partial charge in [-0.3, -0.25) is 9.97 Å². The lowest BCUT2D eigenvalue weighted by Crippen LogP contribution is -2.07. The van der Waals surface area contributed by atoms with Crippen molar-refractivity contribution in [3.63, 3.8) is 0 Å². The van der Waals surface area contributed by atoms with Crippen LogP contribution >= 0.6 is 0 Å². The van der Waals surface area contributed by atoms with E-state index in [1.807, 2.05) is 0 Å². The molecule has 3 rings (SSSR count). The molecule has 124 valence electrons. The first-order valence-electron chi connectivity index (χ1n) is 6.92. The summed E-state index contributed by atoms with van der Waals surface area (Å²) in [4.78, 5) is 7.86. The lowest BCUT2D eigenvalue weighted by Gasteiger charge is -2.10. The average Bonchev–Trinajstić information content (AvgIpc) is 2.98. The molecule has 0 aliphatic rings. The quantitative estimate of drug-likeness (QED) is 0.783. The first-order valence-corrected chi connectivity index (χ1v) is 6.92. The van der Waals surface area contributed by atoms with E-state index in [2.05, 4.69) is 20.3 Å². The molecule has 2 heterocycles. The van der Waals surface area contributed by atoms with Crippen molar-refractivity contribution >= 4 is 0 Å². The fourth-order valence-corrected chi connectivity index (χ4v) is 2.25. The van der Waals surface area contributed by atoms with Crippen LogP contribution in [-0.4, -0.2) is 37.2 Å². The number of aromatic nitrogens is 5. The van der Waals surface area contributed by atoms with E-state index < -0.39 is 17.7 Å². The third-order valence-corrected chi connectivity index (χ3v) is 3.50. The lowest BCUT2D eigenvalue weighted by atomic mass is 10.1. The zero-order chi connectivity index (χ0) is 17.3. The minimum Gasteiger partial charge on any atom is -0.494 e. The Kier molecular flexibility index (Phi) is 4.17. The van der Waals surface area contributed by atoms with E-state index in [4.69, 9.17) is 4.74 Å². The van der Waals surface area contributed by atoms with Gasteiger partial charge in [0, 0.05) is 24.5 Å². The largest absolute Gasteiger partial charge is 0.494 e. The number of aliphatic hydroxyl groups excluding tert-OH is 1. The minimum absolute atomic E-state index is 0.143. The summed E-state index contributed by atoms with van der Waals surface area (Å²) in [6.45, 7) is 1.58. The maximum Gasteiger partial charge on any atom is 0.167 e. The second kappa shape index (κ2) is 6.28. The van der Waals surface area contributed by atoms with Gasteiger partial charge in [0.1, 0.15) is 17.5 Å².